The molecule has 0 aliphatic carbocycles. The standard InChI is InChI=1S/C14H13N3O/c1-17(14-8-7-13(9-15)10-16-14)18-11-12-5-3-2-4-6-12/h2-8,10H,11H2,1H3. The number of anilines is 1. The maximum absolute atomic E-state index is 8.68. The van der Waals surface area contributed by atoms with Crippen molar-refractivity contribution in [2.24, 2.45) is 0 Å². The van der Waals surface area contributed by atoms with Crippen LogP contribution in [0.1, 0.15) is 11.1 Å². The van der Waals surface area contributed by atoms with Gasteiger partial charge in [-0.15, -0.1) is 0 Å². The Balaban J connectivity index is 1.95. The third kappa shape index (κ3) is 3.06. The molecule has 1 aromatic heterocycles. The maximum atomic E-state index is 8.68. The van der Waals surface area contributed by atoms with Gasteiger partial charge in [0.2, 0.25) is 0 Å². The topological polar surface area (TPSA) is 49.1 Å². The van der Waals surface area contributed by atoms with E-state index in [0.717, 1.165) is 5.56 Å². The van der Waals surface area contributed by atoms with Gasteiger partial charge in [-0.2, -0.15) is 5.26 Å². The van der Waals surface area contributed by atoms with Crippen LogP contribution in [0.4, 0.5) is 5.82 Å². The zero-order valence-corrected chi connectivity index (χ0v) is 10.1. The first-order valence-electron chi connectivity index (χ1n) is 5.56. The first-order chi connectivity index (χ1) is 8.79. The second-order valence-corrected chi connectivity index (χ2v) is 3.77. The number of rotatable bonds is 4. The molecule has 0 bridgehead atoms. The average Bonchev–Trinajstić information content (AvgIpc) is 2.46. The van der Waals surface area contributed by atoms with Crippen molar-refractivity contribution < 1.29 is 4.84 Å². The number of aromatic nitrogens is 1. The summed E-state index contributed by atoms with van der Waals surface area (Å²) in [6.07, 6.45) is 1.53. The van der Waals surface area contributed by atoms with E-state index in [1.807, 2.05) is 36.4 Å². The van der Waals surface area contributed by atoms with Crippen molar-refractivity contribution in [3.63, 3.8) is 0 Å². The van der Waals surface area contributed by atoms with Crippen LogP contribution in [0, 0.1) is 11.3 Å². The van der Waals surface area contributed by atoms with Gasteiger partial charge in [-0.25, -0.2) is 10.0 Å². The molecule has 0 aliphatic rings. The van der Waals surface area contributed by atoms with Crippen LogP contribution in [0.25, 0.3) is 0 Å². The molecule has 1 heterocycles. The van der Waals surface area contributed by atoms with E-state index >= 15 is 0 Å². The fraction of sp³-hybridized carbons (Fsp3) is 0.143. The van der Waals surface area contributed by atoms with Gasteiger partial charge in [0.05, 0.1) is 12.2 Å². The number of nitriles is 1. The lowest BCUT2D eigenvalue weighted by atomic mass is 10.2. The van der Waals surface area contributed by atoms with Crippen LogP contribution in [0.2, 0.25) is 0 Å². The Morgan fingerprint density at radius 1 is 1.22 bits per heavy atom. The molecule has 90 valence electrons. The number of hydroxylamine groups is 1. The fourth-order valence-electron chi connectivity index (χ4n) is 1.45. The smallest absolute Gasteiger partial charge is 0.152 e. The lowest BCUT2D eigenvalue weighted by Crippen LogP contribution is -2.18. The Morgan fingerprint density at radius 3 is 2.61 bits per heavy atom. The Bertz CT molecular complexity index is 531. The maximum Gasteiger partial charge on any atom is 0.152 e. The van der Waals surface area contributed by atoms with Crippen molar-refractivity contribution >= 4 is 5.82 Å². The molecule has 0 spiro atoms. The largest absolute Gasteiger partial charge is 0.268 e. The van der Waals surface area contributed by atoms with Gasteiger partial charge in [0.25, 0.3) is 0 Å². The number of nitrogens with zero attached hydrogens (tertiary/aromatic N) is 3. The fourth-order valence-corrected chi connectivity index (χ4v) is 1.45. The third-order valence-corrected chi connectivity index (χ3v) is 2.47. The zero-order valence-electron chi connectivity index (χ0n) is 10.1. The normalized spacial score (nSPS) is 9.78. The molecule has 0 N–H and O–H groups in total. The summed E-state index contributed by atoms with van der Waals surface area (Å²) >= 11 is 0. The summed E-state index contributed by atoms with van der Waals surface area (Å²) in [6.45, 7) is 0.485. The lowest BCUT2D eigenvalue weighted by Gasteiger charge is -2.17. The van der Waals surface area contributed by atoms with E-state index < -0.39 is 0 Å². The van der Waals surface area contributed by atoms with Gasteiger partial charge in [-0.3, -0.25) is 4.84 Å². The molecule has 0 aliphatic heterocycles. The highest BCUT2D eigenvalue weighted by molar-refractivity contribution is 5.38. The summed E-state index contributed by atoms with van der Waals surface area (Å²) in [7, 11) is 1.79. The monoisotopic (exact) mass is 239 g/mol. The van der Waals surface area contributed by atoms with Crippen molar-refractivity contribution in [1.82, 2.24) is 4.98 Å². The van der Waals surface area contributed by atoms with Gasteiger partial charge < -0.3 is 0 Å². The van der Waals surface area contributed by atoms with Crippen molar-refractivity contribution in [1.29, 1.82) is 5.26 Å². The highest BCUT2D eigenvalue weighted by Gasteiger charge is 2.03. The van der Waals surface area contributed by atoms with Gasteiger partial charge in [0.1, 0.15) is 6.07 Å². The van der Waals surface area contributed by atoms with E-state index in [4.69, 9.17) is 10.1 Å². The number of hydrogen-bond donors (Lipinski definition) is 0. The molecule has 0 atom stereocenters. The third-order valence-electron chi connectivity index (χ3n) is 2.47. The molecular weight excluding hydrogens is 226 g/mol. The Morgan fingerprint density at radius 2 is 2.00 bits per heavy atom. The molecule has 2 aromatic rings. The molecule has 0 saturated carbocycles. The second-order valence-electron chi connectivity index (χ2n) is 3.77. The van der Waals surface area contributed by atoms with E-state index in [2.05, 4.69) is 4.98 Å². The Kier molecular flexibility index (Phi) is 3.90. The molecule has 0 fully saturated rings. The summed E-state index contributed by atoms with van der Waals surface area (Å²) in [5, 5.41) is 10.3. The quantitative estimate of drug-likeness (QED) is 0.769. The van der Waals surface area contributed by atoms with Gasteiger partial charge >= 0.3 is 0 Å². The minimum absolute atomic E-state index is 0.485. The van der Waals surface area contributed by atoms with Crippen LogP contribution < -0.4 is 5.06 Å². The van der Waals surface area contributed by atoms with Crippen LogP contribution in [-0.2, 0) is 11.4 Å². The Labute approximate surface area is 106 Å². The van der Waals surface area contributed by atoms with Crippen LogP contribution in [0.5, 0.6) is 0 Å². The Hall–Kier alpha value is -2.38. The molecule has 0 unspecified atom stereocenters. The van der Waals surface area contributed by atoms with Crippen LogP contribution in [0.15, 0.2) is 48.7 Å². The highest BCUT2D eigenvalue weighted by Crippen LogP contribution is 2.11. The molecule has 1 aromatic carbocycles. The average molecular weight is 239 g/mol. The molecule has 0 amide bonds. The van der Waals surface area contributed by atoms with Crippen molar-refractivity contribution in [3.8, 4) is 6.07 Å². The van der Waals surface area contributed by atoms with Crippen LogP contribution in [-0.4, -0.2) is 12.0 Å². The first kappa shape index (κ1) is 12.1. The molecule has 4 heteroatoms. The van der Waals surface area contributed by atoms with E-state index in [9.17, 15) is 0 Å². The van der Waals surface area contributed by atoms with Crippen molar-refractivity contribution in [2.45, 2.75) is 6.61 Å². The SMILES string of the molecule is CN(OCc1ccccc1)c1ccc(C#N)cn1. The second kappa shape index (κ2) is 5.80. The molecule has 0 radical (unpaired) electrons. The van der Waals surface area contributed by atoms with Gasteiger partial charge in [-0.1, -0.05) is 30.3 Å². The minimum atomic E-state index is 0.485. The molecular formula is C14H13N3O. The summed E-state index contributed by atoms with van der Waals surface area (Å²) in [6, 6.07) is 15.4. The summed E-state index contributed by atoms with van der Waals surface area (Å²) in [5.74, 6) is 0.671. The molecule has 18 heavy (non-hydrogen) atoms. The van der Waals surface area contributed by atoms with Crippen molar-refractivity contribution in [2.75, 3.05) is 12.1 Å². The number of benzene rings is 1. The number of hydrogen-bond acceptors (Lipinski definition) is 4. The summed E-state index contributed by atoms with van der Waals surface area (Å²) < 4.78 is 0. The van der Waals surface area contributed by atoms with Crippen LogP contribution >= 0.6 is 0 Å². The predicted octanol–water partition coefficient (Wildman–Crippen LogP) is 2.52. The highest BCUT2D eigenvalue weighted by atomic mass is 16.7. The van der Waals surface area contributed by atoms with Gasteiger partial charge in [-0.05, 0) is 17.7 Å². The predicted molar refractivity (Wildman–Crippen MR) is 68.6 cm³/mol. The van der Waals surface area contributed by atoms with E-state index in [-0.39, 0.29) is 0 Å². The van der Waals surface area contributed by atoms with E-state index in [1.165, 1.54) is 6.20 Å². The first-order valence-corrected chi connectivity index (χ1v) is 5.56. The minimum Gasteiger partial charge on any atom is -0.268 e. The van der Waals surface area contributed by atoms with Crippen LogP contribution in [0.3, 0.4) is 0 Å². The summed E-state index contributed by atoms with van der Waals surface area (Å²) in [5.41, 5.74) is 1.63. The van der Waals surface area contributed by atoms with Crippen molar-refractivity contribution in [3.05, 3.63) is 59.8 Å². The zero-order chi connectivity index (χ0) is 12.8. The van der Waals surface area contributed by atoms with E-state index in [1.54, 1.807) is 24.2 Å². The lowest BCUT2D eigenvalue weighted by molar-refractivity contribution is 0.106. The number of pyridine rings is 1. The van der Waals surface area contributed by atoms with Gasteiger partial charge in [0.15, 0.2) is 5.82 Å². The van der Waals surface area contributed by atoms with Gasteiger partial charge in [0, 0.05) is 13.2 Å². The molecule has 2 rings (SSSR count). The molecule has 0 saturated heterocycles. The van der Waals surface area contributed by atoms with E-state index in [0.29, 0.717) is 18.0 Å². The molecule has 4 nitrogen and oxygen atoms in total. The summed E-state index contributed by atoms with van der Waals surface area (Å²) in [4.78, 5) is 9.72.